The number of amides is 1. The molecule has 2 aliphatic rings. The molecule has 1 aliphatic heterocycles. The molecule has 1 amide bonds. The summed E-state index contributed by atoms with van der Waals surface area (Å²) in [5.74, 6) is -0.0784. The molecule has 0 aromatic heterocycles. The Hall–Kier alpha value is -3.89. The minimum absolute atomic E-state index is 0.0715. The number of ketones is 1. The van der Waals surface area contributed by atoms with Crippen molar-refractivity contribution in [3.8, 4) is 0 Å². The summed E-state index contributed by atoms with van der Waals surface area (Å²) in [6.07, 6.45) is 2.02. The van der Waals surface area contributed by atoms with Gasteiger partial charge >= 0.3 is 0 Å². The van der Waals surface area contributed by atoms with E-state index in [4.69, 9.17) is 11.6 Å². The number of allylic oxidation sites excluding steroid dienone is 1. The fourth-order valence-electron chi connectivity index (χ4n) is 5.26. The summed E-state index contributed by atoms with van der Waals surface area (Å²) in [6, 6.07) is 28.3. The summed E-state index contributed by atoms with van der Waals surface area (Å²) in [4.78, 5) is 29.7. The number of carbonyl (C=O) groups excluding carboxylic acids is 2. The first-order valence-electron chi connectivity index (χ1n) is 11.8. The predicted octanol–water partition coefficient (Wildman–Crippen LogP) is 7.31. The Balaban J connectivity index is 1.63. The third kappa shape index (κ3) is 3.71. The molecule has 0 saturated carbocycles. The van der Waals surface area contributed by atoms with E-state index in [1.165, 1.54) is 0 Å². The number of para-hydroxylation sites is 2. The van der Waals surface area contributed by atoms with E-state index < -0.39 is 6.04 Å². The number of Topliss-reactive ketones (excluding diaryl/α,β-unsaturated/α-hetero) is 1. The number of halogens is 1. The summed E-state index contributed by atoms with van der Waals surface area (Å²) in [5.41, 5.74) is 4.56. The van der Waals surface area contributed by atoms with Gasteiger partial charge in [0.1, 0.15) is 0 Å². The van der Waals surface area contributed by atoms with E-state index >= 15 is 0 Å². The van der Waals surface area contributed by atoms with Gasteiger partial charge in [-0.05, 0) is 59.5 Å². The van der Waals surface area contributed by atoms with Crippen LogP contribution in [0.5, 0.6) is 0 Å². The van der Waals surface area contributed by atoms with E-state index in [0.717, 1.165) is 46.2 Å². The summed E-state index contributed by atoms with van der Waals surface area (Å²) < 4.78 is 0. The van der Waals surface area contributed by atoms with Crippen LogP contribution in [0.2, 0.25) is 5.02 Å². The van der Waals surface area contributed by atoms with Crippen molar-refractivity contribution in [1.82, 2.24) is 0 Å². The highest BCUT2D eigenvalue weighted by molar-refractivity contribution is 6.30. The van der Waals surface area contributed by atoms with Crippen molar-refractivity contribution in [1.29, 1.82) is 0 Å². The number of hydrogen-bond acceptors (Lipinski definition) is 3. The molecule has 0 radical (unpaired) electrons. The highest BCUT2D eigenvalue weighted by Gasteiger charge is 2.40. The Morgan fingerprint density at radius 3 is 2.46 bits per heavy atom. The molecule has 1 heterocycles. The molecule has 0 saturated heterocycles. The summed E-state index contributed by atoms with van der Waals surface area (Å²) in [7, 11) is 0. The maximum atomic E-state index is 14.5. The van der Waals surface area contributed by atoms with Gasteiger partial charge < -0.3 is 5.32 Å². The molecule has 4 nitrogen and oxygen atoms in total. The van der Waals surface area contributed by atoms with Crippen LogP contribution in [-0.2, 0) is 4.79 Å². The number of nitrogens with zero attached hydrogens (tertiary/aromatic N) is 1. The van der Waals surface area contributed by atoms with E-state index in [0.29, 0.717) is 22.6 Å². The monoisotopic (exact) mass is 478 g/mol. The third-order valence-electron chi connectivity index (χ3n) is 6.86. The van der Waals surface area contributed by atoms with Crippen LogP contribution < -0.4 is 10.2 Å². The van der Waals surface area contributed by atoms with Crippen molar-refractivity contribution in [3.63, 3.8) is 0 Å². The molecule has 1 aliphatic carbocycles. The van der Waals surface area contributed by atoms with E-state index in [1.807, 2.05) is 91.0 Å². The summed E-state index contributed by atoms with van der Waals surface area (Å²) >= 11 is 6.22. The maximum absolute atomic E-state index is 14.5. The Kier molecular flexibility index (Phi) is 5.39. The smallest absolute Gasteiger partial charge is 0.259 e. The predicted molar refractivity (Wildman–Crippen MR) is 141 cm³/mol. The topological polar surface area (TPSA) is 49.4 Å². The largest absolute Gasteiger partial charge is 0.357 e. The zero-order valence-corrected chi connectivity index (χ0v) is 19.8. The average molecular weight is 479 g/mol. The van der Waals surface area contributed by atoms with Gasteiger partial charge in [0, 0.05) is 28.3 Å². The van der Waals surface area contributed by atoms with Crippen LogP contribution in [0.15, 0.2) is 102 Å². The number of hydrogen-bond donors (Lipinski definition) is 1. The van der Waals surface area contributed by atoms with Crippen molar-refractivity contribution >= 4 is 45.4 Å². The van der Waals surface area contributed by atoms with Crippen molar-refractivity contribution in [3.05, 3.63) is 118 Å². The highest BCUT2D eigenvalue weighted by atomic mass is 35.5. The van der Waals surface area contributed by atoms with Gasteiger partial charge in [-0.3, -0.25) is 14.5 Å². The average Bonchev–Trinajstić information content (AvgIpc) is 3.03. The van der Waals surface area contributed by atoms with E-state index in [1.54, 1.807) is 4.90 Å². The number of rotatable bonds is 2. The van der Waals surface area contributed by atoms with Gasteiger partial charge in [0.15, 0.2) is 5.78 Å². The molecule has 0 fully saturated rings. The van der Waals surface area contributed by atoms with Crippen LogP contribution in [0.4, 0.5) is 11.4 Å². The molecule has 0 spiro atoms. The van der Waals surface area contributed by atoms with Crippen LogP contribution in [0, 0.1) is 0 Å². The zero-order chi connectivity index (χ0) is 23.9. The van der Waals surface area contributed by atoms with E-state index in [-0.39, 0.29) is 11.7 Å². The lowest BCUT2D eigenvalue weighted by Crippen LogP contribution is -2.38. The second-order valence-corrected chi connectivity index (χ2v) is 9.40. The lowest BCUT2D eigenvalue weighted by atomic mass is 9.85. The fourth-order valence-corrected chi connectivity index (χ4v) is 5.39. The van der Waals surface area contributed by atoms with Gasteiger partial charge in [-0.15, -0.1) is 0 Å². The lowest BCUT2D eigenvalue weighted by Gasteiger charge is -2.34. The standard InChI is InChI=1S/C30H23ClN2O2/c31-21-17-15-20(16-18-21)29-28-25(12-6-14-27(28)34)32-24-11-3-4-13-26(24)33(29)30(35)23-10-5-8-19-7-1-2-9-22(19)23/h1-5,7-11,13,15-18,29,32H,6,12,14H2/t29-/m1/s1. The molecule has 4 aromatic carbocycles. The van der Waals surface area contributed by atoms with Crippen LogP contribution in [-0.4, -0.2) is 11.7 Å². The van der Waals surface area contributed by atoms with Crippen LogP contribution >= 0.6 is 11.6 Å². The molecule has 6 rings (SSSR count). The van der Waals surface area contributed by atoms with Gasteiger partial charge in [-0.2, -0.15) is 0 Å². The molecule has 5 heteroatoms. The summed E-state index contributed by atoms with van der Waals surface area (Å²) in [5, 5.41) is 6.00. The molecule has 35 heavy (non-hydrogen) atoms. The van der Waals surface area contributed by atoms with Gasteiger partial charge in [0.2, 0.25) is 0 Å². The minimum atomic E-state index is -0.572. The van der Waals surface area contributed by atoms with E-state index in [2.05, 4.69) is 5.32 Å². The lowest BCUT2D eigenvalue weighted by molar-refractivity contribution is -0.116. The Morgan fingerprint density at radius 1 is 0.857 bits per heavy atom. The minimum Gasteiger partial charge on any atom is -0.357 e. The Morgan fingerprint density at radius 2 is 1.60 bits per heavy atom. The first-order valence-corrected chi connectivity index (χ1v) is 12.2. The number of anilines is 2. The molecule has 0 bridgehead atoms. The van der Waals surface area contributed by atoms with Crippen LogP contribution in [0.1, 0.15) is 41.2 Å². The van der Waals surface area contributed by atoms with Crippen molar-refractivity contribution in [2.45, 2.75) is 25.3 Å². The first kappa shape index (κ1) is 21.6. The normalized spacial score (nSPS) is 17.5. The van der Waals surface area contributed by atoms with Crippen molar-refractivity contribution in [2.75, 3.05) is 10.2 Å². The number of nitrogens with one attached hydrogen (secondary N) is 1. The quantitative estimate of drug-likeness (QED) is 0.328. The van der Waals surface area contributed by atoms with E-state index in [9.17, 15) is 9.59 Å². The third-order valence-corrected chi connectivity index (χ3v) is 7.11. The van der Waals surface area contributed by atoms with Crippen LogP contribution in [0.3, 0.4) is 0 Å². The molecular weight excluding hydrogens is 456 g/mol. The molecular formula is C30H23ClN2O2. The second-order valence-electron chi connectivity index (χ2n) is 8.97. The molecule has 1 N–H and O–H groups in total. The highest BCUT2D eigenvalue weighted by Crippen LogP contribution is 2.45. The second kappa shape index (κ2) is 8.71. The summed E-state index contributed by atoms with van der Waals surface area (Å²) in [6.45, 7) is 0. The zero-order valence-electron chi connectivity index (χ0n) is 19.0. The number of benzene rings is 4. The van der Waals surface area contributed by atoms with Gasteiger partial charge in [0.05, 0.1) is 17.4 Å². The van der Waals surface area contributed by atoms with Crippen molar-refractivity contribution < 1.29 is 9.59 Å². The number of fused-ring (bicyclic) bond motifs is 2. The molecule has 1 atom stereocenters. The molecule has 4 aromatic rings. The van der Waals surface area contributed by atoms with Gasteiger partial charge in [-0.1, -0.05) is 72.3 Å². The van der Waals surface area contributed by atoms with Gasteiger partial charge in [0.25, 0.3) is 5.91 Å². The van der Waals surface area contributed by atoms with Crippen LogP contribution in [0.25, 0.3) is 10.8 Å². The van der Waals surface area contributed by atoms with Crippen molar-refractivity contribution in [2.24, 2.45) is 0 Å². The Labute approximate surface area is 208 Å². The maximum Gasteiger partial charge on any atom is 0.259 e. The first-order chi connectivity index (χ1) is 17.1. The molecule has 0 unspecified atom stereocenters. The fraction of sp³-hybridized carbons (Fsp3) is 0.133. The SMILES string of the molecule is O=C1CCCC2=C1[C@@H](c1ccc(Cl)cc1)N(C(=O)c1cccc3ccccc13)c1ccccc1N2. The number of carbonyl (C=O) groups is 2. The Bertz CT molecular complexity index is 1500. The van der Waals surface area contributed by atoms with Gasteiger partial charge in [-0.25, -0.2) is 0 Å². The molecule has 172 valence electrons.